The van der Waals surface area contributed by atoms with E-state index in [4.69, 9.17) is 4.74 Å². The minimum Gasteiger partial charge on any atom is -0.466 e. The van der Waals surface area contributed by atoms with Crippen LogP contribution >= 0.6 is 0 Å². The van der Waals surface area contributed by atoms with Crippen molar-refractivity contribution < 1.29 is 14.3 Å². The summed E-state index contributed by atoms with van der Waals surface area (Å²) in [5, 5.41) is 0. The van der Waals surface area contributed by atoms with Crippen LogP contribution in [0.4, 0.5) is 0 Å². The lowest BCUT2D eigenvalue weighted by Crippen LogP contribution is -2.32. The van der Waals surface area contributed by atoms with Gasteiger partial charge in [0.25, 0.3) is 0 Å². The molecule has 0 aromatic heterocycles. The molecule has 0 atom stereocenters. The Hall–Kier alpha value is -1.32. The molecule has 0 saturated heterocycles. The Labute approximate surface area is 90.9 Å². The lowest BCUT2D eigenvalue weighted by atomic mass is 10.3. The number of rotatable bonds is 7. The predicted molar refractivity (Wildman–Crippen MR) is 58.3 cm³/mol. The zero-order chi connectivity index (χ0) is 11.7. The molecule has 0 heterocycles. The van der Waals surface area contributed by atoms with E-state index in [-0.39, 0.29) is 18.3 Å². The molecule has 1 amide bonds. The maximum Gasteiger partial charge on any atom is 0.307 e. The van der Waals surface area contributed by atoms with E-state index in [2.05, 4.69) is 6.58 Å². The van der Waals surface area contributed by atoms with Gasteiger partial charge in [-0.05, 0) is 19.4 Å². The fourth-order valence-electron chi connectivity index (χ4n) is 1.19. The summed E-state index contributed by atoms with van der Waals surface area (Å²) < 4.78 is 4.78. The van der Waals surface area contributed by atoms with Crippen molar-refractivity contribution in [1.29, 1.82) is 0 Å². The summed E-state index contributed by atoms with van der Waals surface area (Å²) in [5.74, 6) is -0.406. The molecule has 0 spiro atoms. The molecular formula is C11H19NO3. The van der Waals surface area contributed by atoms with Gasteiger partial charge in [0.2, 0.25) is 5.91 Å². The number of carbonyl (C=O) groups is 2. The van der Waals surface area contributed by atoms with Crippen LogP contribution < -0.4 is 0 Å². The monoisotopic (exact) mass is 213 g/mol. The standard InChI is InChI=1S/C11H19NO3/c1-4-8-12(10(13)5-2)9-7-11(14)15-6-3/h5H,2,4,6-9H2,1,3H3. The summed E-state index contributed by atoms with van der Waals surface area (Å²) in [7, 11) is 0. The van der Waals surface area contributed by atoms with Crippen LogP contribution in [-0.2, 0) is 14.3 Å². The summed E-state index contributed by atoms with van der Waals surface area (Å²) in [6, 6.07) is 0. The van der Waals surface area contributed by atoms with Crippen LogP contribution in [-0.4, -0.2) is 36.5 Å². The van der Waals surface area contributed by atoms with Gasteiger partial charge in [-0.25, -0.2) is 0 Å². The first-order valence-corrected chi connectivity index (χ1v) is 5.22. The lowest BCUT2D eigenvalue weighted by molar-refractivity contribution is -0.143. The molecule has 4 heteroatoms. The Bertz CT molecular complexity index is 226. The van der Waals surface area contributed by atoms with Crippen LogP contribution in [0.15, 0.2) is 12.7 Å². The van der Waals surface area contributed by atoms with E-state index in [9.17, 15) is 9.59 Å². The zero-order valence-electron chi connectivity index (χ0n) is 9.49. The number of hydrogen-bond donors (Lipinski definition) is 0. The van der Waals surface area contributed by atoms with E-state index in [1.54, 1.807) is 11.8 Å². The third-order valence-corrected chi connectivity index (χ3v) is 1.87. The Morgan fingerprint density at radius 1 is 1.33 bits per heavy atom. The summed E-state index contributed by atoms with van der Waals surface area (Å²) in [6.45, 7) is 8.58. The normalized spacial score (nSPS) is 9.47. The molecule has 0 bridgehead atoms. The van der Waals surface area contributed by atoms with E-state index in [0.29, 0.717) is 19.7 Å². The highest BCUT2D eigenvalue weighted by molar-refractivity contribution is 5.87. The van der Waals surface area contributed by atoms with E-state index >= 15 is 0 Å². The smallest absolute Gasteiger partial charge is 0.307 e. The second-order valence-electron chi connectivity index (χ2n) is 3.08. The molecule has 0 aliphatic heterocycles. The van der Waals surface area contributed by atoms with Gasteiger partial charge in [-0.15, -0.1) is 0 Å². The van der Waals surface area contributed by atoms with Gasteiger partial charge >= 0.3 is 5.97 Å². The van der Waals surface area contributed by atoms with Crippen molar-refractivity contribution in [3.63, 3.8) is 0 Å². The van der Waals surface area contributed by atoms with Gasteiger partial charge in [-0.2, -0.15) is 0 Å². The first-order valence-electron chi connectivity index (χ1n) is 5.22. The molecular weight excluding hydrogens is 194 g/mol. The molecule has 4 nitrogen and oxygen atoms in total. The minimum atomic E-state index is -0.268. The van der Waals surface area contributed by atoms with Crippen LogP contribution in [0.3, 0.4) is 0 Å². The van der Waals surface area contributed by atoms with E-state index < -0.39 is 0 Å². The molecule has 0 N–H and O–H groups in total. The Balaban J connectivity index is 4.00. The molecule has 0 aromatic rings. The van der Waals surface area contributed by atoms with Gasteiger partial charge in [-0.1, -0.05) is 13.5 Å². The van der Waals surface area contributed by atoms with Crippen LogP contribution in [0.25, 0.3) is 0 Å². The number of carbonyl (C=O) groups excluding carboxylic acids is 2. The van der Waals surface area contributed by atoms with Gasteiger partial charge in [0.1, 0.15) is 0 Å². The highest BCUT2D eigenvalue weighted by Crippen LogP contribution is 1.97. The van der Waals surface area contributed by atoms with E-state index in [1.807, 2.05) is 6.92 Å². The molecule has 0 fully saturated rings. The number of nitrogens with zero attached hydrogens (tertiary/aromatic N) is 1. The Kier molecular flexibility index (Phi) is 7.32. The van der Waals surface area contributed by atoms with Gasteiger partial charge < -0.3 is 9.64 Å². The average Bonchev–Trinajstić information content (AvgIpc) is 2.23. The van der Waals surface area contributed by atoms with Crippen molar-refractivity contribution in [3.8, 4) is 0 Å². The predicted octanol–water partition coefficient (Wildman–Crippen LogP) is 1.36. The molecule has 15 heavy (non-hydrogen) atoms. The number of amides is 1. The minimum absolute atomic E-state index is 0.138. The third kappa shape index (κ3) is 5.88. The summed E-state index contributed by atoms with van der Waals surface area (Å²) >= 11 is 0. The molecule has 0 saturated carbocycles. The summed E-state index contributed by atoms with van der Waals surface area (Å²) in [5.41, 5.74) is 0. The SMILES string of the molecule is C=CC(=O)N(CCC)CCC(=O)OCC. The maximum absolute atomic E-state index is 11.3. The molecule has 0 rings (SSSR count). The second kappa shape index (κ2) is 8.03. The first-order chi connectivity index (χ1) is 7.15. The quantitative estimate of drug-likeness (QED) is 0.474. The van der Waals surface area contributed by atoms with Crippen molar-refractivity contribution in [2.75, 3.05) is 19.7 Å². The van der Waals surface area contributed by atoms with Crippen LogP contribution in [0, 0.1) is 0 Å². The van der Waals surface area contributed by atoms with Crippen molar-refractivity contribution in [2.45, 2.75) is 26.7 Å². The van der Waals surface area contributed by atoms with Gasteiger partial charge in [0.05, 0.1) is 13.0 Å². The van der Waals surface area contributed by atoms with Crippen LogP contribution in [0.2, 0.25) is 0 Å². The highest BCUT2D eigenvalue weighted by atomic mass is 16.5. The Morgan fingerprint density at radius 2 is 2.00 bits per heavy atom. The third-order valence-electron chi connectivity index (χ3n) is 1.87. The second-order valence-corrected chi connectivity index (χ2v) is 3.08. The first kappa shape index (κ1) is 13.7. The fraction of sp³-hybridized carbons (Fsp3) is 0.636. The van der Waals surface area contributed by atoms with Crippen molar-refractivity contribution >= 4 is 11.9 Å². The number of esters is 1. The van der Waals surface area contributed by atoms with Gasteiger partial charge in [0, 0.05) is 13.1 Å². The molecule has 0 aliphatic carbocycles. The summed E-state index contributed by atoms with van der Waals surface area (Å²) in [6.07, 6.45) is 2.37. The van der Waals surface area contributed by atoms with Crippen LogP contribution in [0.1, 0.15) is 26.7 Å². The topological polar surface area (TPSA) is 46.6 Å². The highest BCUT2D eigenvalue weighted by Gasteiger charge is 2.11. The Morgan fingerprint density at radius 3 is 2.47 bits per heavy atom. The van der Waals surface area contributed by atoms with Gasteiger partial charge in [-0.3, -0.25) is 9.59 Å². The molecule has 0 radical (unpaired) electrons. The van der Waals surface area contributed by atoms with E-state index in [1.165, 1.54) is 6.08 Å². The zero-order valence-corrected chi connectivity index (χ0v) is 9.49. The number of hydrogen-bond acceptors (Lipinski definition) is 3. The summed E-state index contributed by atoms with van der Waals surface area (Å²) in [4.78, 5) is 24.0. The van der Waals surface area contributed by atoms with Crippen molar-refractivity contribution in [3.05, 3.63) is 12.7 Å². The average molecular weight is 213 g/mol. The molecule has 0 aliphatic rings. The number of ether oxygens (including phenoxy) is 1. The van der Waals surface area contributed by atoms with Gasteiger partial charge in [0.15, 0.2) is 0 Å². The lowest BCUT2D eigenvalue weighted by Gasteiger charge is -2.19. The largest absolute Gasteiger partial charge is 0.466 e. The molecule has 0 aromatic carbocycles. The molecule has 86 valence electrons. The van der Waals surface area contributed by atoms with E-state index in [0.717, 1.165) is 6.42 Å². The molecule has 0 unspecified atom stereocenters. The fourth-order valence-corrected chi connectivity index (χ4v) is 1.19. The van der Waals surface area contributed by atoms with Crippen molar-refractivity contribution in [1.82, 2.24) is 4.90 Å². The van der Waals surface area contributed by atoms with Crippen molar-refractivity contribution in [2.24, 2.45) is 0 Å². The van der Waals surface area contributed by atoms with Crippen LogP contribution in [0.5, 0.6) is 0 Å². The maximum atomic E-state index is 11.3.